The molecule has 1 aromatic heterocycles. The van der Waals surface area contributed by atoms with Crippen LogP contribution in [0.2, 0.25) is 10.0 Å². The number of nitrogens with one attached hydrogen (secondary N) is 1. The molecule has 1 aliphatic carbocycles. The van der Waals surface area contributed by atoms with Gasteiger partial charge in [-0.1, -0.05) is 29.3 Å². The van der Waals surface area contributed by atoms with Crippen LogP contribution < -0.4 is 5.32 Å². The molecular weight excluding hydrogens is 427 g/mol. The van der Waals surface area contributed by atoms with Crippen LogP contribution in [0.3, 0.4) is 0 Å². The number of hydrogen-bond acceptors (Lipinski definition) is 6. The first kappa shape index (κ1) is 21.6. The molecule has 2 aliphatic rings. The smallest absolute Gasteiger partial charge is 0.273 e. The van der Waals surface area contributed by atoms with E-state index in [2.05, 4.69) is 20.1 Å². The fourth-order valence-corrected chi connectivity index (χ4v) is 3.70. The van der Waals surface area contributed by atoms with Crippen LogP contribution in [0, 0.1) is 0 Å². The zero-order valence-electron chi connectivity index (χ0n) is 16.8. The van der Waals surface area contributed by atoms with Gasteiger partial charge in [0.05, 0.1) is 29.8 Å². The zero-order chi connectivity index (χ0) is 20.9. The third-order valence-electron chi connectivity index (χ3n) is 5.28. The van der Waals surface area contributed by atoms with Crippen LogP contribution in [0.4, 0.5) is 0 Å². The Morgan fingerprint density at radius 2 is 2.00 bits per heavy atom. The standard InChI is InChI=1S/C21H26Cl2N4O3/c22-17-4-1-15(11-18(17)23)12-27(6-5-26-7-9-29-10-8-26)13-20-25-19(14-30-20)21(28)24-16-2-3-16/h1,4,11,14,16H,2-3,5-10,12-13H2,(H,24,28). The molecule has 2 aromatic rings. The highest BCUT2D eigenvalue weighted by molar-refractivity contribution is 6.42. The maximum absolute atomic E-state index is 12.2. The van der Waals surface area contributed by atoms with Crippen LogP contribution in [0.5, 0.6) is 0 Å². The third-order valence-corrected chi connectivity index (χ3v) is 6.02. The fraction of sp³-hybridized carbons (Fsp3) is 0.524. The molecule has 2 fully saturated rings. The molecule has 7 nitrogen and oxygen atoms in total. The molecule has 162 valence electrons. The lowest BCUT2D eigenvalue weighted by Gasteiger charge is -2.29. The molecule has 1 N–H and O–H groups in total. The normalized spacial score (nSPS) is 17.4. The van der Waals surface area contributed by atoms with Crippen LogP contribution in [-0.2, 0) is 17.8 Å². The van der Waals surface area contributed by atoms with Crippen LogP contribution in [-0.4, -0.2) is 66.1 Å². The summed E-state index contributed by atoms with van der Waals surface area (Å²) in [6.07, 6.45) is 3.51. The molecule has 0 atom stereocenters. The van der Waals surface area contributed by atoms with Crippen molar-refractivity contribution in [2.45, 2.75) is 32.0 Å². The molecule has 2 heterocycles. The van der Waals surface area contributed by atoms with E-state index in [1.807, 2.05) is 18.2 Å². The molecule has 30 heavy (non-hydrogen) atoms. The highest BCUT2D eigenvalue weighted by Crippen LogP contribution is 2.24. The Morgan fingerprint density at radius 1 is 1.20 bits per heavy atom. The molecule has 1 aliphatic heterocycles. The predicted molar refractivity (Wildman–Crippen MR) is 115 cm³/mol. The Kier molecular flexibility index (Phi) is 7.28. The van der Waals surface area contributed by atoms with Gasteiger partial charge in [-0.2, -0.15) is 0 Å². The first-order valence-corrected chi connectivity index (χ1v) is 11.0. The van der Waals surface area contributed by atoms with E-state index in [4.69, 9.17) is 32.4 Å². The molecule has 0 unspecified atom stereocenters. The van der Waals surface area contributed by atoms with Crippen LogP contribution in [0.15, 0.2) is 28.9 Å². The van der Waals surface area contributed by atoms with Gasteiger partial charge >= 0.3 is 0 Å². The summed E-state index contributed by atoms with van der Waals surface area (Å²) in [7, 11) is 0. The van der Waals surface area contributed by atoms with E-state index < -0.39 is 0 Å². The SMILES string of the molecule is O=C(NC1CC1)c1coc(CN(CCN2CCOCC2)Cc2ccc(Cl)c(Cl)c2)n1. The monoisotopic (exact) mass is 452 g/mol. The van der Waals surface area contributed by atoms with Crippen molar-refractivity contribution < 1.29 is 13.9 Å². The lowest BCUT2D eigenvalue weighted by atomic mass is 10.2. The maximum atomic E-state index is 12.2. The quantitative estimate of drug-likeness (QED) is 0.629. The topological polar surface area (TPSA) is 70.8 Å². The lowest BCUT2D eigenvalue weighted by molar-refractivity contribution is 0.0320. The lowest BCUT2D eigenvalue weighted by Crippen LogP contribution is -2.41. The summed E-state index contributed by atoms with van der Waals surface area (Å²) in [4.78, 5) is 21.2. The van der Waals surface area contributed by atoms with Crippen molar-refractivity contribution in [3.05, 3.63) is 51.7 Å². The summed E-state index contributed by atoms with van der Waals surface area (Å²) in [5.74, 6) is 0.356. The number of carbonyl (C=O) groups excluding carboxylic acids is 1. The minimum Gasteiger partial charge on any atom is -0.447 e. The second-order valence-corrected chi connectivity index (χ2v) is 8.60. The van der Waals surface area contributed by atoms with E-state index in [9.17, 15) is 4.79 Å². The summed E-state index contributed by atoms with van der Waals surface area (Å²) in [6, 6.07) is 5.96. The molecule has 0 bridgehead atoms. The molecule has 1 saturated carbocycles. The number of oxazole rings is 1. The number of aromatic nitrogens is 1. The highest BCUT2D eigenvalue weighted by atomic mass is 35.5. The van der Waals surface area contributed by atoms with E-state index >= 15 is 0 Å². The summed E-state index contributed by atoms with van der Waals surface area (Å²) in [5, 5.41) is 4.02. The van der Waals surface area contributed by atoms with Gasteiger partial charge in [0.2, 0.25) is 5.89 Å². The second kappa shape index (κ2) is 10.1. The van der Waals surface area contributed by atoms with Crippen molar-refractivity contribution in [2.75, 3.05) is 39.4 Å². The number of benzene rings is 1. The molecule has 0 spiro atoms. The number of hydrogen-bond donors (Lipinski definition) is 1. The maximum Gasteiger partial charge on any atom is 0.273 e. The van der Waals surface area contributed by atoms with E-state index in [-0.39, 0.29) is 11.9 Å². The summed E-state index contributed by atoms with van der Waals surface area (Å²) < 4.78 is 11.0. The van der Waals surface area contributed by atoms with Gasteiger partial charge in [-0.3, -0.25) is 14.6 Å². The summed E-state index contributed by atoms with van der Waals surface area (Å²) in [5.41, 5.74) is 1.39. The van der Waals surface area contributed by atoms with Crippen molar-refractivity contribution in [3.63, 3.8) is 0 Å². The van der Waals surface area contributed by atoms with Crippen molar-refractivity contribution in [1.29, 1.82) is 0 Å². The molecule has 1 amide bonds. The van der Waals surface area contributed by atoms with E-state index in [0.29, 0.717) is 34.7 Å². The Balaban J connectivity index is 1.41. The molecule has 1 saturated heterocycles. The number of nitrogens with zero attached hydrogens (tertiary/aromatic N) is 3. The first-order valence-electron chi connectivity index (χ1n) is 10.3. The molecular formula is C21H26Cl2N4O3. The number of carbonyl (C=O) groups is 1. The van der Waals surface area contributed by atoms with Crippen LogP contribution in [0.1, 0.15) is 34.8 Å². The van der Waals surface area contributed by atoms with E-state index in [1.165, 1.54) is 6.26 Å². The summed E-state index contributed by atoms with van der Waals surface area (Å²) in [6.45, 7) is 6.33. The van der Waals surface area contributed by atoms with Gasteiger partial charge in [-0.05, 0) is 30.5 Å². The Labute approximate surface area is 186 Å². The number of rotatable bonds is 9. The van der Waals surface area contributed by atoms with Gasteiger partial charge in [-0.15, -0.1) is 0 Å². The van der Waals surface area contributed by atoms with Crippen molar-refractivity contribution >= 4 is 29.1 Å². The largest absolute Gasteiger partial charge is 0.447 e. The van der Waals surface area contributed by atoms with Crippen LogP contribution in [0.25, 0.3) is 0 Å². The first-order chi connectivity index (χ1) is 14.6. The Hall–Kier alpha value is -1.64. The summed E-state index contributed by atoms with van der Waals surface area (Å²) >= 11 is 12.2. The number of halogens is 2. The van der Waals surface area contributed by atoms with Gasteiger partial charge in [0.25, 0.3) is 5.91 Å². The number of ether oxygens (including phenoxy) is 1. The van der Waals surface area contributed by atoms with Gasteiger partial charge in [0, 0.05) is 38.8 Å². The average molecular weight is 453 g/mol. The van der Waals surface area contributed by atoms with E-state index in [0.717, 1.165) is 57.8 Å². The van der Waals surface area contributed by atoms with Gasteiger partial charge in [0.15, 0.2) is 5.69 Å². The minimum absolute atomic E-state index is 0.170. The molecule has 0 radical (unpaired) electrons. The van der Waals surface area contributed by atoms with Crippen molar-refractivity contribution in [2.24, 2.45) is 0 Å². The average Bonchev–Trinajstić information content (AvgIpc) is 3.44. The predicted octanol–water partition coefficient (Wildman–Crippen LogP) is 3.21. The van der Waals surface area contributed by atoms with Crippen molar-refractivity contribution in [1.82, 2.24) is 20.1 Å². The molecule has 1 aromatic carbocycles. The van der Waals surface area contributed by atoms with E-state index in [1.54, 1.807) is 0 Å². The Bertz CT molecular complexity index is 866. The van der Waals surface area contributed by atoms with Gasteiger partial charge < -0.3 is 14.5 Å². The highest BCUT2D eigenvalue weighted by Gasteiger charge is 2.25. The van der Waals surface area contributed by atoms with Gasteiger partial charge in [-0.25, -0.2) is 4.98 Å². The Morgan fingerprint density at radius 3 is 2.73 bits per heavy atom. The van der Waals surface area contributed by atoms with Crippen LogP contribution >= 0.6 is 23.2 Å². The van der Waals surface area contributed by atoms with Gasteiger partial charge in [0.1, 0.15) is 6.26 Å². The zero-order valence-corrected chi connectivity index (χ0v) is 18.3. The third kappa shape index (κ3) is 6.18. The number of amides is 1. The molecule has 9 heteroatoms. The minimum atomic E-state index is -0.170. The van der Waals surface area contributed by atoms with Crippen molar-refractivity contribution in [3.8, 4) is 0 Å². The fourth-order valence-electron chi connectivity index (χ4n) is 3.38. The molecule has 4 rings (SSSR count). The second-order valence-electron chi connectivity index (χ2n) is 7.79. The number of morpholine rings is 1.